The maximum absolute atomic E-state index is 12.6. The molecule has 1 fully saturated rings. The molecule has 206 valence electrons. The lowest BCUT2D eigenvalue weighted by Gasteiger charge is -2.33. The summed E-state index contributed by atoms with van der Waals surface area (Å²) < 4.78 is 3.84. The van der Waals surface area contributed by atoms with Crippen molar-refractivity contribution in [1.82, 2.24) is 30.0 Å². The summed E-state index contributed by atoms with van der Waals surface area (Å²) in [6, 6.07) is 10.4. The van der Waals surface area contributed by atoms with Gasteiger partial charge in [0.25, 0.3) is 0 Å². The van der Waals surface area contributed by atoms with Crippen LogP contribution in [0.3, 0.4) is 0 Å². The fraction of sp³-hybridized carbons (Fsp3) is 0.516. The Morgan fingerprint density at radius 3 is 2.54 bits per heavy atom. The Hall–Kier alpha value is -3.55. The van der Waals surface area contributed by atoms with Crippen LogP contribution in [-0.4, -0.2) is 41.1 Å². The average molecular weight is 529 g/mol. The minimum absolute atomic E-state index is 0.366. The SMILES string of the molecule is Cc1ccc(C(c2ccc3c(nnn3C)c2C)C(C)(C)C(=O)O)cc1Cc1cnnn1CC1CCCCCC1. The molecule has 2 aromatic heterocycles. The van der Waals surface area contributed by atoms with Crippen LogP contribution < -0.4 is 0 Å². The second-order valence-corrected chi connectivity index (χ2v) is 11.9. The largest absolute Gasteiger partial charge is 0.481 e. The van der Waals surface area contributed by atoms with E-state index in [0.29, 0.717) is 12.3 Å². The molecule has 0 bridgehead atoms. The molecular formula is C31H40N6O2. The van der Waals surface area contributed by atoms with Crippen LogP contribution in [0, 0.1) is 25.2 Å². The van der Waals surface area contributed by atoms with Gasteiger partial charge in [-0.3, -0.25) is 4.79 Å². The van der Waals surface area contributed by atoms with Crippen molar-refractivity contribution in [3.8, 4) is 0 Å². The number of aromatic nitrogens is 6. The number of carboxylic acids is 1. The van der Waals surface area contributed by atoms with Crippen molar-refractivity contribution in [3.63, 3.8) is 0 Å². The summed E-state index contributed by atoms with van der Waals surface area (Å²) in [5.41, 5.74) is 7.05. The van der Waals surface area contributed by atoms with Crippen LogP contribution in [0.15, 0.2) is 36.5 Å². The minimum Gasteiger partial charge on any atom is -0.481 e. The zero-order valence-electron chi connectivity index (χ0n) is 23.8. The quantitative estimate of drug-likeness (QED) is 0.283. The zero-order chi connectivity index (χ0) is 27.7. The van der Waals surface area contributed by atoms with Gasteiger partial charge in [0.1, 0.15) is 5.52 Å². The molecular weight excluding hydrogens is 488 g/mol. The van der Waals surface area contributed by atoms with E-state index >= 15 is 0 Å². The van der Waals surface area contributed by atoms with E-state index in [1.807, 2.05) is 46.1 Å². The van der Waals surface area contributed by atoms with Crippen LogP contribution in [0.2, 0.25) is 0 Å². The van der Waals surface area contributed by atoms with E-state index in [-0.39, 0.29) is 5.92 Å². The third-order valence-electron chi connectivity index (χ3n) is 8.84. The maximum Gasteiger partial charge on any atom is 0.310 e. The van der Waals surface area contributed by atoms with E-state index < -0.39 is 11.4 Å². The van der Waals surface area contributed by atoms with Crippen molar-refractivity contribution in [1.29, 1.82) is 0 Å². The first-order valence-corrected chi connectivity index (χ1v) is 14.2. The Bertz CT molecular complexity index is 1480. The van der Waals surface area contributed by atoms with E-state index in [2.05, 4.69) is 50.4 Å². The Kier molecular flexibility index (Phi) is 7.56. The first kappa shape index (κ1) is 27.0. The van der Waals surface area contributed by atoms with Gasteiger partial charge < -0.3 is 5.11 Å². The molecule has 2 aromatic carbocycles. The van der Waals surface area contributed by atoms with Crippen molar-refractivity contribution in [3.05, 3.63) is 70.0 Å². The predicted molar refractivity (Wildman–Crippen MR) is 152 cm³/mol. The number of benzene rings is 2. The number of hydrogen-bond acceptors (Lipinski definition) is 5. The molecule has 5 rings (SSSR count). The lowest BCUT2D eigenvalue weighted by molar-refractivity contribution is -0.147. The predicted octanol–water partition coefficient (Wildman–Crippen LogP) is 5.98. The molecule has 0 aliphatic heterocycles. The van der Waals surface area contributed by atoms with Gasteiger partial charge in [-0.25, -0.2) is 9.36 Å². The molecule has 1 N–H and O–H groups in total. The van der Waals surface area contributed by atoms with Crippen LogP contribution in [0.5, 0.6) is 0 Å². The molecule has 1 aliphatic carbocycles. The van der Waals surface area contributed by atoms with Crippen LogP contribution in [0.1, 0.15) is 91.8 Å². The molecule has 0 saturated heterocycles. The number of carboxylic acid groups (broad SMARTS) is 1. The number of fused-ring (bicyclic) bond motifs is 1. The van der Waals surface area contributed by atoms with E-state index in [9.17, 15) is 9.90 Å². The van der Waals surface area contributed by atoms with E-state index in [0.717, 1.165) is 40.0 Å². The summed E-state index contributed by atoms with van der Waals surface area (Å²) in [7, 11) is 1.87. The number of aryl methyl sites for hydroxylation is 3. The van der Waals surface area contributed by atoms with Crippen molar-refractivity contribution in [2.45, 2.75) is 85.1 Å². The van der Waals surface area contributed by atoms with Crippen LogP contribution in [-0.2, 0) is 24.8 Å². The van der Waals surface area contributed by atoms with Gasteiger partial charge in [0.2, 0.25) is 0 Å². The normalized spacial score (nSPS) is 15.9. The third kappa shape index (κ3) is 5.34. The van der Waals surface area contributed by atoms with Crippen molar-refractivity contribution in [2.75, 3.05) is 0 Å². The molecule has 1 aliphatic rings. The van der Waals surface area contributed by atoms with Gasteiger partial charge >= 0.3 is 5.97 Å². The number of nitrogens with zero attached hydrogens (tertiary/aromatic N) is 6. The number of hydrogen-bond donors (Lipinski definition) is 1. The van der Waals surface area contributed by atoms with Gasteiger partial charge in [-0.2, -0.15) is 0 Å². The highest BCUT2D eigenvalue weighted by Crippen LogP contribution is 2.44. The van der Waals surface area contributed by atoms with Crippen molar-refractivity contribution < 1.29 is 9.90 Å². The second kappa shape index (κ2) is 10.9. The highest BCUT2D eigenvalue weighted by Gasteiger charge is 2.40. The molecule has 0 radical (unpaired) electrons. The molecule has 1 saturated carbocycles. The Labute approximate surface area is 230 Å². The summed E-state index contributed by atoms with van der Waals surface area (Å²) in [4.78, 5) is 12.6. The summed E-state index contributed by atoms with van der Waals surface area (Å²) in [5.74, 6) is -0.547. The van der Waals surface area contributed by atoms with E-state index in [1.165, 1.54) is 49.7 Å². The van der Waals surface area contributed by atoms with Crippen molar-refractivity contribution in [2.24, 2.45) is 18.4 Å². The summed E-state index contributed by atoms with van der Waals surface area (Å²) in [6.07, 6.45) is 10.4. The second-order valence-electron chi connectivity index (χ2n) is 11.9. The lowest BCUT2D eigenvalue weighted by Crippen LogP contribution is -2.32. The highest BCUT2D eigenvalue weighted by molar-refractivity contribution is 5.81. The first-order chi connectivity index (χ1) is 18.7. The molecule has 8 heteroatoms. The summed E-state index contributed by atoms with van der Waals surface area (Å²) in [6.45, 7) is 8.67. The summed E-state index contributed by atoms with van der Waals surface area (Å²) in [5, 5.41) is 27.6. The monoisotopic (exact) mass is 528 g/mol. The molecule has 1 atom stereocenters. The van der Waals surface area contributed by atoms with Gasteiger partial charge in [-0.15, -0.1) is 10.2 Å². The maximum atomic E-state index is 12.6. The fourth-order valence-electron chi connectivity index (χ4n) is 6.29. The number of rotatable bonds is 8. The molecule has 0 spiro atoms. The van der Waals surface area contributed by atoms with Gasteiger partial charge in [0.05, 0.1) is 22.8 Å². The molecule has 1 unspecified atom stereocenters. The standard InChI is InChI=1S/C31H40N6O2/c1-20-12-13-23(16-24(20)17-25-18-32-34-37(25)19-22-10-8-6-7-9-11-22)28(31(3,4)30(38)39)26-14-15-27-29(21(26)2)33-35-36(27)5/h12-16,18,22,28H,6-11,17,19H2,1-5H3,(H,38,39). The Balaban J connectivity index is 1.52. The lowest BCUT2D eigenvalue weighted by atomic mass is 9.69. The zero-order valence-corrected chi connectivity index (χ0v) is 23.8. The third-order valence-corrected chi connectivity index (χ3v) is 8.84. The fourth-order valence-corrected chi connectivity index (χ4v) is 6.29. The highest BCUT2D eigenvalue weighted by atomic mass is 16.4. The molecule has 39 heavy (non-hydrogen) atoms. The van der Waals surface area contributed by atoms with Crippen LogP contribution in [0.25, 0.3) is 11.0 Å². The molecule has 0 amide bonds. The minimum atomic E-state index is -1.05. The van der Waals surface area contributed by atoms with Crippen LogP contribution >= 0.6 is 0 Å². The topological polar surface area (TPSA) is 98.7 Å². The Morgan fingerprint density at radius 2 is 1.82 bits per heavy atom. The van der Waals surface area contributed by atoms with E-state index in [4.69, 9.17) is 0 Å². The van der Waals surface area contributed by atoms with Crippen LogP contribution in [0.4, 0.5) is 0 Å². The molecule has 2 heterocycles. The summed E-state index contributed by atoms with van der Waals surface area (Å²) >= 11 is 0. The molecule has 8 nitrogen and oxygen atoms in total. The average Bonchev–Trinajstić information content (AvgIpc) is 3.40. The van der Waals surface area contributed by atoms with Gasteiger partial charge in [0, 0.05) is 25.9 Å². The first-order valence-electron chi connectivity index (χ1n) is 14.2. The van der Waals surface area contributed by atoms with E-state index in [1.54, 1.807) is 4.68 Å². The molecule has 4 aromatic rings. The smallest absolute Gasteiger partial charge is 0.310 e. The van der Waals surface area contributed by atoms with Crippen molar-refractivity contribution >= 4 is 17.0 Å². The van der Waals surface area contributed by atoms with Gasteiger partial charge in [0.15, 0.2) is 0 Å². The number of carbonyl (C=O) groups is 1. The van der Waals surface area contributed by atoms with Gasteiger partial charge in [-0.05, 0) is 80.3 Å². The number of aliphatic carboxylic acids is 1. The Morgan fingerprint density at radius 1 is 1.08 bits per heavy atom. The van der Waals surface area contributed by atoms with Gasteiger partial charge in [-0.1, -0.05) is 60.4 Å².